The van der Waals surface area contributed by atoms with Gasteiger partial charge in [-0.05, 0) is 69.0 Å². The van der Waals surface area contributed by atoms with Gasteiger partial charge in [-0.15, -0.1) is 12.4 Å². The molecule has 2 aliphatic rings. The van der Waals surface area contributed by atoms with E-state index in [1.165, 1.54) is 12.8 Å². The van der Waals surface area contributed by atoms with E-state index in [1.807, 2.05) is 19.9 Å². The highest BCUT2D eigenvalue weighted by atomic mass is 35.5. The molecule has 2 heterocycles. The van der Waals surface area contributed by atoms with Gasteiger partial charge in [-0.3, -0.25) is 0 Å². The molecule has 2 fully saturated rings. The van der Waals surface area contributed by atoms with Crippen LogP contribution < -0.4 is 5.32 Å². The normalized spacial score (nSPS) is 23.2. The molecule has 142 valence electrons. The van der Waals surface area contributed by atoms with Crippen molar-refractivity contribution in [1.82, 2.24) is 14.5 Å². The van der Waals surface area contributed by atoms with Gasteiger partial charge in [-0.2, -0.15) is 4.31 Å². The van der Waals surface area contributed by atoms with Crippen LogP contribution in [0.15, 0.2) is 23.1 Å². The van der Waals surface area contributed by atoms with Crippen LogP contribution in [-0.2, 0) is 10.0 Å². The Balaban J connectivity index is 0.00000225. The average molecular weight is 388 g/mol. The molecule has 1 aromatic carbocycles. The molecule has 2 saturated heterocycles. The average Bonchev–Trinajstić information content (AvgIpc) is 2.58. The van der Waals surface area contributed by atoms with Gasteiger partial charge in [-0.1, -0.05) is 6.07 Å². The third kappa shape index (κ3) is 4.95. The van der Waals surface area contributed by atoms with E-state index in [-0.39, 0.29) is 12.4 Å². The van der Waals surface area contributed by atoms with Gasteiger partial charge < -0.3 is 10.2 Å². The second-order valence-corrected chi connectivity index (χ2v) is 9.10. The Hall–Kier alpha value is -0.660. The molecule has 0 spiro atoms. The highest BCUT2D eigenvalue weighted by molar-refractivity contribution is 7.89. The minimum absolute atomic E-state index is 0. The molecular formula is C18H30ClN3O2S. The molecular weight excluding hydrogens is 358 g/mol. The maximum atomic E-state index is 12.8. The number of halogens is 1. The lowest BCUT2D eigenvalue weighted by Gasteiger charge is -2.36. The summed E-state index contributed by atoms with van der Waals surface area (Å²) in [5.74, 6) is 0.710. The zero-order chi connectivity index (χ0) is 17.2. The van der Waals surface area contributed by atoms with Gasteiger partial charge in [-0.25, -0.2) is 8.42 Å². The van der Waals surface area contributed by atoms with E-state index in [4.69, 9.17) is 0 Å². The monoisotopic (exact) mass is 387 g/mol. The maximum Gasteiger partial charge on any atom is 0.243 e. The fourth-order valence-corrected chi connectivity index (χ4v) is 5.13. The molecule has 0 bridgehead atoms. The van der Waals surface area contributed by atoms with Crippen molar-refractivity contribution in [3.05, 3.63) is 29.3 Å². The highest BCUT2D eigenvalue weighted by Crippen LogP contribution is 2.21. The Labute approximate surface area is 158 Å². The van der Waals surface area contributed by atoms with Crippen LogP contribution in [0.25, 0.3) is 0 Å². The Kier molecular flexibility index (Phi) is 7.29. The van der Waals surface area contributed by atoms with Crippen LogP contribution in [-0.4, -0.2) is 63.4 Å². The number of rotatable bonds is 4. The van der Waals surface area contributed by atoms with Gasteiger partial charge in [0.25, 0.3) is 0 Å². The largest absolute Gasteiger partial charge is 0.316 e. The van der Waals surface area contributed by atoms with Gasteiger partial charge in [0.1, 0.15) is 0 Å². The van der Waals surface area contributed by atoms with Crippen LogP contribution in [0.3, 0.4) is 0 Å². The van der Waals surface area contributed by atoms with Gasteiger partial charge >= 0.3 is 0 Å². The lowest BCUT2D eigenvalue weighted by atomic mass is 9.99. The fraction of sp³-hybridized carbons (Fsp3) is 0.667. The summed E-state index contributed by atoms with van der Waals surface area (Å²) in [6, 6.07) is 5.43. The Morgan fingerprint density at radius 2 is 1.84 bits per heavy atom. The minimum atomic E-state index is -3.36. The van der Waals surface area contributed by atoms with Crippen LogP contribution in [0.2, 0.25) is 0 Å². The van der Waals surface area contributed by atoms with E-state index in [0.29, 0.717) is 23.9 Å². The molecule has 0 saturated carbocycles. The van der Waals surface area contributed by atoms with Crippen molar-refractivity contribution < 1.29 is 8.42 Å². The van der Waals surface area contributed by atoms with E-state index in [1.54, 1.807) is 16.4 Å². The molecule has 0 aliphatic carbocycles. The van der Waals surface area contributed by atoms with Crippen molar-refractivity contribution in [2.75, 3.05) is 45.8 Å². The third-order valence-electron chi connectivity index (χ3n) is 5.36. The SMILES string of the molecule is Cc1ccc(S(=O)(=O)N2CCN(CC3CCCNC3)CC2)cc1C.Cl. The molecule has 1 atom stereocenters. The van der Waals surface area contributed by atoms with Gasteiger partial charge in [0, 0.05) is 32.7 Å². The summed E-state index contributed by atoms with van der Waals surface area (Å²) in [5, 5.41) is 3.46. The van der Waals surface area contributed by atoms with Crippen LogP contribution in [0.5, 0.6) is 0 Å². The molecule has 1 N–H and O–H groups in total. The zero-order valence-corrected chi connectivity index (χ0v) is 16.8. The summed E-state index contributed by atoms with van der Waals surface area (Å²) in [5.41, 5.74) is 2.15. The number of hydrogen-bond acceptors (Lipinski definition) is 4. The Bertz CT molecular complexity index is 667. The predicted molar refractivity (Wildman–Crippen MR) is 104 cm³/mol. The molecule has 0 amide bonds. The summed E-state index contributed by atoms with van der Waals surface area (Å²) in [7, 11) is -3.36. The topological polar surface area (TPSA) is 52.7 Å². The number of hydrogen-bond donors (Lipinski definition) is 1. The molecule has 25 heavy (non-hydrogen) atoms. The lowest BCUT2D eigenvalue weighted by Crippen LogP contribution is -2.50. The summed E-state index contributed by atoms with van der Waals surface area (Å²) in [6.07, 6.45) is 2.54. The summed E-state index contributed by atoms with van der Waals surface area (Å²) >= 11 is 0. The number of nitrogens with zero attached hydrogens (tertiary/aromatic N) is 2. The van der Waals surface area contributed by atoms with Crippen molar-refractivity contribution in [3.63, 3.8) is 0 Å². The van der Waals surface area contributed by atoms with Gasteiger partial charge in [0.15, 0.2) is 0 Å². The standard InChI is InChI=1S/C18H29N3O2S.ClH/c1-15-5-6-18(12-16(15)2)24(22,23)21-10-8-20(9-11-21)14-17-4-3-7-19-13-17;/h5-6,12,17,19H,3-4,7-11,13-14H2,1-2H3;1H. The van der Waals surface area contributed by atoms with Gasteiger partial charge in [0.05, 0.1) is 4.90 Å². The number of sulfonamides is 1. The quantitative estimate of drug-likeness (QED) is 0.858. The van der Waals surface area contributed by atoms with Crippen molar-refractivity contribution in [2.45, 2.75) is 31.6 Å². The summed E-state index contributed by atoms with van der Waals surface area (Å²) in [4.78, 5) is 2.85. The molecule has 0 radical (unpaired) electrons. The number of nitrogens with one attached hydrogen (secondary N) is 1. The highest BCUT2D eigenvalue weighted by Gasteiger charge is 2.29. The van der Waals surface area contributed by atoms with E-state index in [2.05, 4.69) is 10.2 Å². The smallest absolute Gasteiger partial charge is 0.243 e. The first kappa shape index (κ1) is 20.6. The summed E-state index contributed by atoms with van der Waals surface area (Å²) in [6.45, 7) is 10.1. The van der Waals surface area contributed by atoms with Crippen molar-refractivity contribution in [3.8, 4) is 0 Å². The minimum Gasteiger partial charge on any atom is -0.316 e. The second kappa shape index (κ2) is 8.82. The van der Waals surface area contributed by atoms with Crippen molar-refractivity contribution in [1.29, 1.82) is 0 Å². The zero-order valence-electron chi connectivity index (χ0n) is 15.2. The van der Waals surface area contributed by atoms with E-state index < -0.39 is 10.0 Å². The number of aryl methyl sites for hydroxylation is 2. The van der Waals surface area contributed by atoms with Crippen LogP contribution in [0, 0.1) is 19.8 Å². The molecule has 1 unspecified atom stereocenters. The van der Waals surface area contributed by atoms with E-state index >= 15 is 0 Å². The van der Waals surface area contributed by atoms with E-state index in [0.717, 1.165) is 43.9 Å². The molecule has 5 nitrogen and oxygen atoms in total. The van der Waals surface area contributed by atoms with Crippen molar-refractivity contribution >= 4 is 22.4 Å². The fourth-order valence-electron chi connectivity index (χ4n) is 3.62. The van der Waals surface area contributed by atoms with Crippen LogP contribution >= 0.6 is 12.4 Å². The van der Waals surface area contributed by atoms with Gasteiger partial charge in [0.2, 0.25) is 10.0 Å². The molecule has 0 aromatic heterocycles. The lowest BCUT2D eigenvalue weighted by molar-refractivity contribution is 0.154. The molecule has 2 aliphatic heterocycles. The predicted octanol–water partition coefficient (Wildman–Crippen LogP) is 2.03. The number of piperidine rings is 1. The second-order valence-electron chi connectivity index (χ2n) is 7.16. The van der Waals surface area contributed by atoms with Crippen LogP contribution in [0.1, 0.15) is 24.0 Å². The van der Waals surface area contributed by atoms with Crippen LogP contribution in [0.4, 0.5) is 0 Å². The van der Waals surface area contributed by atoms with E-state index in [9.17, 15) is 8.42 Å². The van der Waals surface area contributed by atoms with Crippen molar-refractivity contribution in [2.24, 2.45) is 5.92 Å². The number of piperazine rings is 1. The Morgan fingerprint density at radius 3 is 2.44 bits per heavy atom. The maximum absolute atomic E-state index is 12.8. The first-order chi connectivity index (χ1) is 11.5. The molecule has 7 heteroatoms. The molecule has 1 aromatic rings. The first-order valence-corrected chi connectivity index (χ1v) is 10.4. The first-order valence-electron chi connectivity index (χ1n) is 8.97. The summed E-state index contributed by atoms with van der Waals surface area (Å²) < 4.78 is 27.3. The third-order valence-corrected chi connectivity index (χ3v) is 7.26. The number of benzene rings is 1. The molecule has 3 rings (SSSR count). The Morgan fingerprint density at radius 1 is 1.12 bits per heavy atom.